The van der Waals surface area contributed by atoms with Crippen molar-refractivity contribution in [1.29, 1.82) is 0 Å². The molecule has 0 amide bonds. The molecule has 0 aliphatic heterocycles. The van der Waals surface area contributed by atoms with Gasteiger partial charge in [0.1, 0.15) is 0 Å². The molecule has 0 aliphatic carbocycles. The second-order valence-electron chi connectivity index (χ2n) is 4.85. The van der Waals surface area contributed by atoms with Gasteiger partial charge < -0.3 is 14.8 Å². The van der Waals surface area contributed by atoms with Crippen molar-refractivity contribution in [2.75, 3.05) is 26.0 Å². The molecule has 1 heterocycles. The number of hydrogen-bond acceptors (Lipinski definition) is 7. The maximum Gasteiger partial charge on any atom is 0.209 e. The van der Waals surface area contributed by atoms with Gasteiger partial charge in [0, 0.05) is 24.9 Å². The molecule has 23 heavy (non-hydrogen) atoms. The molecule has 1 aromatic heterocycles. The number of thioether (sulfide) groups is 1. The Kier molecular flexibility index (Phi) is 7.15. The van der Waals surface area contributed by atoms with Crippen molar-refractivity contribution < 1.29 is 9.47 Å². The van der Waals surface area contributed by atoms with Gasteiger partial charge in [0.25, 0.3) is 0 Å². The molecule has 1 aromatic carbocycles. The van der Waals surface area contributed by atoms with Gasteiger partial charge in [0.2, 0.25) is 5.16 Å². The molecule has 0 spiro atoms. The van der Waals surface area contributed by atoms with Crippen LogP contribution in [0.3, 0.4) is 0 Å². The molecule has 0 bridgehead atoms. The van der Waals surface area contributed by atoms with E-state index in [1.54, 1.807) is 23.6 Å². The second-order valence-corrected chi connectivity index (χ2v) is 5.91. The molecule has 7 nitrogen and oxygen atoms in total. The Morgan fingerprint density at radius 2 is 2.22 bits per heavy atom. The summed E-state index contributed by atoms with van der Waals surface area (Å²) in [4.78, 5) is 0. The van der Waals surface area contributed by atoms with Crippen molar-refractivity contribution in [2.24, 2.45) is 7.05 Å². The molecule has 8 heteroatoms. The third-order valence-corrected chi connectivity index (χ3v) is 4.29. The van der Waals surface area contributed by atoms with Crippen LogP contribution >= 0.6 is 11.8 Å². The molecule has 2 aromatic rings. The van der Waals surface area contributed by atoms with Gasteiger partial charge in [-0.3, -0.25) is 0 Å². The fourth-order valence-electron chi connectivity index (χ4n) is 2.10. The number of ether oxygens (including phenoxy) is 2. The van der Waals surface area contributed by atoms with Gasteiger partial charge in [-0.15, -0.1) is 5.10 Å². The van der Waals surface area contributed by atoms with Crippen LogP contribution in [0.5, 0.6) is 11.5 Å². The summed E-state index contributed by atoms with van der Waals surface area (Å²) >= 11 is 1.66. The summed E-state index contributed by atoms with van der Waals surface area (Å²) in [7, 11) is 3.51. The van der Waals surface area contributed by atoms with E-state index in [-0.39, 0.29) is 0 Å². The first-order valence-corrected chi connectivity index (χ1v) is 8.59. The highest BCUT2D eigenvalue weighted by Gasteiger charge is 2.09. The van der Waals surface area contributed by atoms with E-state index in [0.29, 0.717) is 6.61 Å². The maximum atomic E-state index is 5.71. The molecule has 0 saturated carbocycles. The molecule has 0 aliphatic rings. The number of nitrogens with one attached hydrogen (secondary N) is 1. The first-order valence-electron chi connectivity index (χ1n) is 7.60. The first-order chi connectivity index (χ1) is 11.3. The fourth-order valence-corrected chi connectivity index (χ4v) is 2.89. The normalized spacial score (nSPS) is 10.7. The minimum Gasteiger partial charge on any atom is -0.493 e. The molecule has 126 valence electrons. The molecule has 2 rings (SSSR count). The largest absolute Gasteiger partial charge is 0.493 e. The second kappa shape index (κ2) is 9.36. The summed E-state index contributed by atoms with van der Waals surface area (Å²) in [6.07, 6.45) is 1.03. The topological polar surface area (TPSA) is 74.1 Å². The Labute approximate surface area is 140 Å². The Morgan fingerprint density at radius 3 is 2.91 bits per heavy atom. The average molecular weight is 337 g/mol. The van der Waals surface area contributed by atoms with E-state index < -0.39 is 0 Å². The Bertz CT molecular complexity index is 605. The van der Waals surface area contributed by atoms with Gasteiger partial charge in [-0.25, -0.2) is 4.68 Å². The zero-order chi connectivity index (χ0) is 16.5. The lowest BCUT2D eigenvalue weighted by Gasteiger charge is -2.14. The van der Waals surface area contributed by atoms with Gasteiger partial charge >= 0.3 is 0 Å². The standard InChI is InChI=1S/C15H23N5O2S/c1-4-22-14-12(7-5-8-13(14)21-3)11-16-9-6-10-23-15-17-18-19-20(15)2/h5,7-8,16H,4,6,9-11H2,1-3H3. The zero-order valence-electron chi connectivity index (χ0n) is 13.8. The number of benzene rings is 1. The van der Waals surface area contributed by atoms with Gasteiger partial charge in [-0.2, -0.15) is 0 Å². The van der Waals surface area contributed by atoms with E-state index in [0.717, 1.165) is 47.5 Å². The minimum absolute atomic E-state index is 0.621. The highest BCUT2D eigenvalue weighted by Crippen LogP contribution is 2.30. The Morgan fingerprint density at radius 1 is 1.35 bits per heavy atom. The Hall–Kier alpha value is -1.80. The third-order valence-electron chi connectivity index (χ3n) is 3.19. The fraction of sp³-hybridized carbons (Fsp3) is 0.533. The summed E-state index contributed by atoms with van der Waals surface area (Å²) in [5, 5.41) is 15.7. The van der Waals surface area contributed by atoms with Crippen LogP contribution in [0, 0.1) is 0 Å². The predicted octanol–water partition coefficient (Wildman–Crippen LogP) is 1.89. The van der Waals surface area contributed by atoms with Gasteiger partial charge in [0.05, 0.1) is 13.7 Å². The first kappa shape index (κ1) is 17.6. The number of hydrogen-bond donors (Lipinski definition) is 1. The number of methoxy groups -OCH3 is 1. The molecule has 0 radical (unpaired) electrons. The van der Waals surface area contributed by atoms with Crippen molar-refractivity contribution in [1.82, 2.24) is 25.5 Å². The number of aromatic nitrogens is 4. The van der Waals surface area contributed by atoms with Crippen LogP contribution in [0.2, 0.25) is 0 Å². The van der Waals surface area contributed by atoms with Crippen molar-refractivity contribution in [3.63, 3.8) is 0 Å². The average Bonchev–Trinajstić information content (AvgIpc) is 2.97. The monoisotopic (exact) mass is 337 g/mol. The highest BCUT2D eigenvalue weighted by atomic mass is 32.2. The van der Waals surface area contributed by atoms with Crippen LogP contribution in [0.4, 0.5) is 0 Å². The molecule has 0 saturated heterocycles. The molecular formula is C15H23N5O2S. The van der Waals surface area contributed by atoms with E-state index in [1.807, 2.05) is 26.1 Å². The maximum absolute atomic E-state index is 5.71. The van der Waals surface area contributed by atoms with Gasteiger partial charge in [-0.1, -0.05) is 23.9 Å². The predicted molar refractivity (Wildman–Crippen MR) is 90.0 cm³/mol. The molecule has 0 atom stereocenters. The van der Waals surface area contributed by atoms with Crippen molar-refractivity contribution in [2.45, 2.75) is 25.0 Å². The van der Waals surface area contributed by atoms with Crippen LogP contribution in [-0.2, 0) is 13.6 Å². The smallest absolute Gasteiger partial charge is 0.209 e. The zero-order valence-corrected chi connectivity index (χ0v) is 14.6. The summed E-state index contributed by atoms with van der Waals surface area (Å²) in [5.74, 6) is 2.57. The molecule has 0 fully saturated rings. The Balaban J connectivity index is 1.74. The van der Waals surface area contributed by atoms with E-state index >= 15 is 0 Å². The minimum atomic E-state index is 0.621. The van der Waals surface area contributed by atoms with Crippen LogP contribution in [0.25, 0.3) is 0 Å². The SMILES string of the molecule is CCOc1c(CNCCCSc2nnnn2C)cccc1OC. The number of tetrazole rings is 1. The van der Waals surface area contributed by atoms with Crippen LogP contribution in [0.15, 0.2) is 23.4 Å². The van der Waals surface area contributed by atoms with E-state index in [2.05, 4.69) is 26.9 Å². The molecule has 1 N–H and O–H groups in total. The molecule has 0 unspecified atom stereocenters. The number of nitrogens with zero attached hydrogens (tertiary/aromatic N) is 4. The highest BCUT2D eigenvalue weighted by molar-refractivity contribution is 7.99. The van der Waals surface area contributed by atoms with E-state index in [4.69, 9.17) is 9.47 Å². The van der Waals surface area contributed by atoms with Gasteiger partial charge in [0.15, 0.2) is 11.5 Å². The lowest BCUT2D eigenvalue weighted by molar-refractivity contribution is 0.307. The van der Waals surface area contributed by atoms with Crippen molar-refractivity contribution in [3.8, 4) is 11.5 Å². The lowest BCUT2D eigenvalue weighted by atomic mass is 10.2. The third kappa shape index (κ3) is 5.11. The van der Waals surface area contributed by atoms with Crippen molar-refractivity contribution >= 4 is 11.8 Å². The summed E-state index contributed by atoms with van der Waals surface area (Å²) < 4.78 is 12.7. The number of rotatable bonds is 10. The van der Waals surface area contributed by atoms with Crippen molar-refractivity contribution in [3.05, 3.63) is 23.8 Å². The summed E-state index contributed by atoms with van der Waals surface area (Å²) in [6, 6.07) is 5.95. The number of para-hydroxylation sites is 1. The molecular weight excluding hydrogens is 314 g/mol. The lowest BCUT2D eigenvalue weighted by Crippen LogP contribution is -2.16. The van der Waals surface area contributed by atoms with E-state index in [9.17, 15) is 0 Å². The van der Waals surface area contributed by atoms with E-state index in [1.165, 1.54) is 0 Å². The number of aryl methyl sites for hydroxylation is 1. The van der Waals surface area contributed by atoms with Gasteiger partial charge in [-0.05, 0) is 36.4 Å². The van der Waals surface area contributed by atoms with Crippen LogP contribution < -0.4 is 14.8 Å². The quantitative estimate of drug-likeness (QED) is 0.524. The summed E-state index contributed by atoms with van der Waals surface area (Å²) in [5.41, 5.74) is 1.11. The summed E-state index contributed by atoms with van der Waals surface area (Å²) in [6.45, 7) is 4.27. The van der Waals surface area contributed by atoms with Crippen LogP contribution in [-0.4, -0.2) is 46.2 Å². The van der Waals surface area contributed by atoms with Crippen LogP contribution in [0.1, 0.15) is 18.9 Å².